The van der Waals surface area contributed by atoms with Gasteiger partial charge < -0.3 is 10.2 Å². The van der Waals surface area contributed by atoms with Crippen LogP contribution < -0.4 is 5.32 Å². The molecule has 1 aliphatic heterocycles. The molecule has 0 aromatic heterocycles. The van der Waals surface area contributed by atoms with Gasteiger partial charge >= 0.3 is 0 Å². The zero-order valence-corrected chi connectivity index (χ0v) is 14.0. The summed E-state index contributed by atoms with van der Waals surface area (Å²) in [6.45, 7) is 3.34. The number of nitrogens with one attached hydrogen (secondary N) is 1. The summed E-state index contributed by atoms with van der Waals surface area (Å²) in [5.41, 5.74) is 1.61. The lowest BCUT2D eigenvalue weighted by Crippen LogP contribution is -2.43. The van der Waals surface area contributed by atoms with E-state index in [0.717, 1.165) is 31.2 Å². The summed E-state index contributed by atoms with van der Waals surface area (Å²) in [4.78, 5) is 26.4. The van der Waals surface area contributed by atoms with E-state index >= 15 is 0 Å². The van der Waals surface area contributed by atoms with Crippen molar-refractivity contribution in [3.63, 3.8) is 0 Å². The van der Waals surface area contributed by atoms with Gasteiger partial charge in [0.15, 0.2) is 0 Å². The van der Waals surface area contributed by atoms with Crippen LogP contribution in [0.3, 0.4) is 0 Å². The van der Waals surface area contributed by atoms with Crippen LogP contribution in [0.2, 0.25) is 0 Å². The van der Waals surface area contributed by atoms with E-state index in [4.69, 9.17) is 5.26 Å². The van der Waals surface area contributed by atoms with E-state index in [1.807, 2.05) is 24.0 Å². The maximum atomic E-state index is 12.5. The number of hydrogen-bond donors (Lipinski definition) is 1. The Labute approximate surface area is 142 Å². The highest BCUT2D eigenvalue weighted by Gasteiger charge is 2.36. The maximum Gasteiger partial charge on any atom is 0.225 e. The zero-order chi connectivity index (χ0) is 17.1. The molecule has 24 heavy (non-hydrogen) atoms. The molecule has 5 heteroatoms. The summed E-state index contributed by atoms with van der Waals surface area (Å²) in [5.74, 6) is 0.575. The molecule has 2 amide bonds. The fourth-order valence-corrected chi connectivity index (χ4v) is 3.21. The van der Waals surface area contributed by atoms with Crippen molar-refractivity contribution in [2.75, 3.05) is 13.1 Å². The van der Waals surface area contributed by atoms with Gasteiger partial charge in [-0.05, 0) is 50.3 Å². The Bertz CT molecular complexity index is 650. The van der Waals surface area contributed by atoms with E-state index in [0.29, 0.717) is 18.7 Å². The van der Waals surface area contributed by atoms with Crippen molar-refractivity contribution in [3.05, 3.63) is 35.4 Å². The van der Waals surface area contributed by atoms with E-state index in [-0.39, 0.29) is 29.7 Å². The van der Waals surface area contributed by atoms with Crippen molar-refractivity contribution in [2.24, 2.45) is 11.8 Å². The van der Waals surface area contributed by atoms with Crippen molar-refractivity contribution in [1.82, 2.24) is 10.2 Å². The van der Waals surface area contributed by atoms with E-state index in [2.05, 4.69) is 11.4 Å². The van der Waals surface area contributed by atoms with Gasteiger partial charge in [-0.1, -0.05) is 12.1 Å². The first-order valence-electron chi connectivity index (χ1n) is 8.67. The van der Waals surface area contributed by atoms with Gasteiger partial charge in [-0.3, -0.25) is 9.59 Å². The first kappa shape index (κ1) is 16.5. The molecule has 2 aliphatic rings. The fourth-order valence-electron chi connectivity index (χ4n) is 3.21. The second-order valence-corrected chi connectivity index (χ2v) is 6.84. The summed E-state index contributed by atoms with van der Waals surface area (Å²) >= 11 is 0. The van der Waals surface area contributed by atoms with Gasteiger partial charge in [0.1, 0.15) is 0 Å². The fraction of sp³-hybridized carbons (Fsp3) is 0.526. The lowest BCUT2D eigenvalue weighted by Gasteiger charge is -2.32. The third-order valence-electron chi connectivity index (χ3n) is 5.00. The number of piperidine rings is 1. The number of nitrogens with zero attached hydrogens (tertiary/aromatic N) is 2. The molecule has 1 heterocycles. The average molecular weight is 325 g/mol. The Balaban J connectivity index is 1.49. The summed E-state index contributed by atoms with van der Waals surface area (Å²) in [5, 5.41) is 11.9. The number of hydrogen-bond acceptors (Lipinski definition) is 3. The molecule has 5 nitrogen and oxygen atoms in total. The van der Waals surface area contributed by atoms with E-state index < -0.39 is 0 Å². The normalized spacial score (nSPS) is 19.4. The smallest absolute Gasteiger partial charge is 0.225 e. The Hall–Kier alpha value is -2.35. The van der Waals surface area contributed by atoms with Gasteiger partial charge in [0.2, 0.25) is 11.8 Å². The summed E-state index contributed by atoms with van der Waals surface area (Å²) in [7, 11) is 0. The highest BCUT2D eigenvalue weighted by Crippen LogP contribution is 2.32. The maximum absolute atomic E-state index is 12.5. The molecule has 1 unspecified atom stereocenters. The van der Waals surface area contributed by atoms with E-state index in [9.17, 15) is 9.59 Å². The summed E-state index contributed by atoms with van der Waals surface area (Å²) in [6, 6.07) is 9.28. The predicted octanol–water partition coefficient (Wildman–Crippen LogP) is 2.38. The monoisotopic (exact) mass is 325 g/mol. The SMILES string of the molecule is CC(NC(=O)C1CCN(C(=O)C2CC2)CC1)c1ccc(C#N)cc1. The Kier molecular flexibility index (Phi) is 4.84. The molecule has 1 N–H and O–H groups in total. The predicted molar refractivity (Wildman–Crippen MR) is 89.7 cm³/mol. The Morgan fingerprint density at radius 1 is 1.12 bits per heavy atom. The van der Waals surface area contributed by atoms with Crippen molar-refractivity contribution < 1.29 is 9.59 Å². The van der Waals surface area contributed by atoms with Crippen molar-refractivity contribution >= 4 is 11.8 Å². The Morgan fingerprint density at radius 3 is 2.29 bits per heavy atom. The highest BCUT2D eigenvalue weighted by molar-refractivity contribution is 5.82. The molecule has 1 aromatic carbocycles. The first-order chi connectivity index (χ1) is 11.6. The molecule has 2 fully saturated rings. The molecule has 0 bridgehead atoms. The third-order valence-corrected chi connectivity index (χ3v) is 5.00. The number of likely N-dealkylation sites (tertiary alicyclic amines) is 1. The number of carbonyl (C=O) groups is 2. The van der Waals surface area contributed by atoms with Crippen LogP contribution in [0.4, 0.5) is 0 Å². The van der Waals surface area contributed by atoms with Crippen molar-refractivity contribution in [1.29, 1.82) is 5.26 Å². The second-order valence-electron chi connectivity index (χ2n) is 6.84. The zero-order valence-electron chi connectivity index (χ0n) is 14.0. The summed E-state index contributed by atoms with van der Waals surface area (Å²) in [6.07, 6.45) is 3.54. The number of rotatable bonds is 4. The van der Waals surface area contributed by atoms with Crippen LogP contribution in [-0.4, -0.2) is 29.8 Å². The van der Waals surface area contributed by atoms with Crippen LogP contribution in [-0.2, 0) is 9.59 Å². The third kappa shape index (κ3) is 3.76. The second kappa shape index (κ2) is 7.04. The van der Waals surface area contributed by atoms with Crippen LogP contribution in [0.5, 0.6) is 0 Å². The van der Waals surface area contributed by atoms with E-state index in [1.54, 1.807) is 12.1 Å². The molecule has 1 saturated heterocycles. The number of benzene rings is 1. The molecular weight excluding hydrogens is 302 g/mol. The number of nitriles is 1. The van der Waals surface area contributed by atoms with Crippen LogP contribution >= 0.6 is 0 Å². The van der Waals surface area contributed by atoms with Gasteiger partial charge in [-0.15, -0.1) is 0 Å². The van der Waals surface area contributed by atoms with Gasteiger partial charge in [0, 0.05) is 24.9 Å². The topological polar surface area (TPSA) is 73.2 Å². The minimum absolute atomic E-state index is 0.0194. The molecule has 3 rings (SSSR count). The quantitative estimate of drug-likeness (QED) is 0.924. The molecule has 126 valence electrons. The molecule has 1 aromatic rings. The largest absolute Gasteiger partial charge is 0.349 e. The van der Waals surface area contributed by atoms with Crippen molar-refractivity contribution in [2.45, 2.75) is 38.6 Å². The Morgan fingerprint density at radius 2 is 1.75 bits per heavy atom. The first-order valence-corrected chi connectivity index (χ1v) is 8.67. The average Bonchev–Trinajstić information content (AvgIpc) is 3.46. The minimum Gasteiger partial charge on any atom is -0.349 e. The lowest BCUT2D eigenvalue weighted by atomic mass is 9.95. The number of amides is 2. The lowest BCUT2D eigenvalue weighted by molar-refractivity contribution is -0.136. The van der Waals surface area contributed by atoms with Gasteiger partial charge in [0.25, 0.3) is 0 Å². The molecule has 1 saturated carbocycles. The molecule has 1 aliphatic carbocycles. The highest BCUT2D eigenvalue weighted by atomic mass is 16.2. The van der Waals surface area contributed by atoms with Crippen molar-refractivity contribution in [3.8, 4) is 6.07 Å². The number of carbonyl (C=O) groups excluding carboxylic acids is 2. The van der Waals surface area contributed by atoms with Gasteiger partial charge in [0.05, 0.1) is 17.7 Å². The van der Waals surface area contributed by atoms with Crippen LogP contribution in [0.15, 0.2) is 24.3 Å². The minimum atomic E-state index is -0.0867. The van der Waals surface area contributed by atoms with Gasteiger partial charge in [-0.25, -0.2) is 0 Å². The molecule has 1 atom stereocenters. The van der Waals surface area contributed by atoms with Crippen LogP contribution in [0.25, 0.3) is 0 Å². The van der Waals surface area contributed by atoms with Gasteiger partial charge in [-0.2, -0.15) is 5.26 Å². The molecular formula is C19H23N3O2. The molecule has 0 spiro atoms. The summed E-state index contributed by atoms with van der Waals surface area (Å²) < 4.78 is 0. The molecule has 0 radical (unpaired) electrons. The standard InChI is InChI=1S/C19H23N3O2/c1-13(15-4-2-14(12-20)3-5-15)21-18(23)16-8-10-22(11-9-16)19(24)17-6-7-17/h2-5,13,16-17H,6-11H2,1H3,(H,21,23). The van der Waals surface area contributed by atoms with E-state index in [1.165, 1.54) is 0 Å². The van der Waals surface area contributed by atoms with Crippen LogP contribution in [0, 0.1) is 23.2 Å². The van der Waals surface area contributed by atoms with Crippen LogP contribution in [0.1, 0.15) is 49.8 Å².